The van der Waals surface area contributed by atoms with Crippen molar-refractivity contribution in [2.75, 3.05) is 5.32 Å². The summed E-state index contributed by atoms with van der Waals surface area (Å²) in [6.45, 7) is 3.78. The van der Waals surface area contributed by atoms with Crippen LogP contribution in [0.5, 0.6) is 0 Å². The Bertz CT molecular complexity index is 310. The first-order chi connectivity index (χ1) is 6.49. The van der Waals surface area contributed by atoms with Crippen molar-refractivity contribution < 1.29 is 4.79 Å². The summed E-state index contributed by atoms with van der Waals surface area (Å²) < 4.78 is 0. The summed E-state index contributed by atoms with van der Waals surface area (Å²) in [5.74, 6) is 0.350. The lowest BCUT2D eigenvalue weighted by atomic mass is 10.0. The van der Waals surface area contributed by atoms with Gasteiger partial charge in [-0.1, -0.05) is 0 Å². The third-order valence-electron chi connectivity index (χ3n) is 1.66. The van der Waals surface area contributed by atoms with Crippen LogP contribution in [-0.4, -0.2) is 21.4 Å². The summed E-state index contributed by atoms with van der Waals surface area (Å²) in [6.07, 6.45) is 3.34. The van der Waals surface area contributed by atoms with E-state index in [2.05, 4.69) is 15.3 Å². The third kappa shape index (κ3) is 3.38. The maximum absolute atomic E-state index is 10.8. The monoisotopic (exact) mass is 194 g/mol. The molecule has 1 aromatic rings. The number of nitrogens with two attached hydrogens (primary N) is 1. The van der Waals surface area contributed by atoms with Crippen LogP contribution in [0.4, 0.5) is 5.82 Å². The van der Waals surface area contributed by atoms with Crippen LogP contribution in [0.3, 0.4) is 0 Å². The zero-order valence-electron chi connectivity index (χ0n) is 8.32. The Balaban J connectivity index is 2.63. The topological polar surface area (TPSA) is 80.9 Å². The SMILES string of the molecule is CC(C)(CC(N)=O)Nc1ccncn1. The highest BCUT2D eigenvalue weighted by Crippen LogP contribution is 2.14. The van der Waals surface area contributed by atoms with Crippen LogP contribution < -0.4 is 11.1 Å². The van der Waals surface area contributed by atoms with E-state index in [9.17, 15) is 4.79 Å². The second-order valence-corrected chi connectivity index (χ2v) is 3.75. The first-order valence-electron chi connectivity index (χ1n) is 4.32. The zero-order chi connectivity index (χ0) is 10.6. The van der Waals surface area contributed by atoms with Crippen molar-refractivity contribution >= 4 is 11.7 Å². The molecule has 0 radical (unpaired) electrons. The summed E-state index contributed by atoms with van der Waals surface area (Å²) in [6, 6.07) is 1.74. The number of amides is 1. The fourth-order valence-electron chi connectivity index (χ4n) is 1.19. The summed E-state index contributed by atoms with van der Waals surface area (Å²) in [5.41, 5.74) is 4.73. The third-order valence-corrected chi connectivity index (χ3v) is 1.66. The van der Waals surface area contributed by atoms with Crippen molar-refractivity contribution in [1.29, 1.82) is 0 Å². The molecule has 76 valence electrons. The molecule has 3 N–H and O–H groups in total. The van der Waals surface area contributed by atoms with Gasteiger partial charge in [-0.05, 0) is 19.9 Å². The summed E-state index contributed by atoms with van der Waals surface area (Å²) >= 11 is 0. The number of carbonyl (C=O) groups is 1. The molecule has 0 saturated carbocycles. The van der Waals surface area contributed by atoms with Gasteiger partial charge in [0, 0.05) is 18.2 Å². The number of hydrogen-bond donors (Lipinski definition) is 2. The van der Waals surface area contributed by atoms with E-state index >= 15 is 0 Å². The van der Waals surface area contributed by atoms with E-state index in [1.54, 1.807) is 12.3 Å². The number of hydrogen-bond acceptors (Lipinski definition) is 4. The molecule has 0 spiro atoms. The van der Waals surface area contributed by atoms with Crippen LogP contribution in [0.25, 0.3) is 0 Å². The molecule has 5 heteroatoms. The van der Waals surface area contributed by atoms with E-state index in [1.807, 2.05) is 13.8 Å². The number of anilines is 1. The highest BCUT2D eigenvalue weighted by atomic mass is 16.1. The molecule has 0 aromatic carbocycles. The van der Waals surface area contributed by atoms with E-state index in [-0.39, 0.29) is 17.9 Å². The van der Waals surface area contributed by atoms with Crippen LogP contribution in [0, 0.1) is 0 Å². The Labute approximate surface area is 82.7 Å². The van der Waals surface area contributed by atoms with Gasteiger partial charge in [0.05, 0.1) is 0 Å². The molecule has 14 heavy (non-hydrogen) atoms. The Morgan fingerprint density at radius 3 is 2.86 bits per heavy atom. The minimum atomic E-state index is -0.389. The quantitative estimate of drug-likeness (QED) is 0.733. The van der Waals surface area contributed by atoms with Gasteiger partial charge in [0.25, 0.3) is 0 Å². The van der Waals surface area contributed by atoms with E-state index < -0.39 is 0 Å². The Morgan fingerprint density at radius 2 is 2.36 bits per heavy atom. The van der Waals surface area contributed by atoms with Crippen molar-refractivity contribution in [3.8, 4) is 0 Å². The molecule has 0 saturated heterocycles. The standard InChI is InChI=1S/C9H14N4O/c1-9(2,5-7(10)14)13-8-3-4-11-6-12-8/h3-4,6H,5H2,1-2H3,(H2,10,14)(H,11,12,13). The van der Waals surface area contributed by atoms with Crippen molar-refractivity contribution in [1.82, 2.24) is 9.97 Å². The molecule has 1 heterocycles. The first-order valence-corrected chi connectivity index (χ1v) is 4.32. The first kappa shape index (κ1) is 10.4. The summed E-state index contributed by atoms with van der Waals surface area (Å²) in [5, 5.41) is 3.10. The lowest BCUT2D eigenvalue weighted by Gasteiger charge is -2.25. The van der Waals surface area contributed by atoms with Gasteiger partial charge >= 0.3 is 0 Å². The van der Waals surface area contributed by atoms with E-state index in [4.69, 9.17) is 5.73 Å². The minimum absolute atomic E-state index is 0.261. The number of nitrogens with zero attached hydrogens (tertiary/aromatic N) is 2. The Morgan fingerprint density at radius 1 is 1.64 bits per heavy atom. The van der Waals surface area contributed by atoms with Crippen LogP contribution in [0.15, 0.2) is 18.6 Å². The maximum Gasteiger partial charge on any atom is 0.219 e. The van der Waals surface area contributed by atoms with Gasteiger partial charge < -0.3 is 11.1 Å². The second kappa shape index (κ2) is 4.04. The summed E-state index contributed by atoms with van der Waals surface area (Å²) in [4.78, 5) is 18.5. The molecule has 1 amide bonds. The number of rotatable bonds is 4. The van der Waals surface area contributed by atoms with E-state index in [0.29, 0.717) is 5.82 Å². The normalized spacial score (nSPS) is 11.0. The van der Waals surface area contributed by atoms with Gasteiger partial charge in [-0.25, -0.2) is 9.97 Å². The highest BCUT2D eigenvalue weighted by Gasteiger charge is 2.20. The predicted octanol–water partition coefficient (Wildman–Crippen LogP) is 0.542. The van der Waals surface area contributed by atoms with Gasteiger partial charge in [0.15, 0.2) is 0 Å². The molecule has 5 nitrogen and oxygen atoms in total. The van der Waals surface area contributed by atoms with Crippen LogP contribution in [0.2, 0.25) is 0 Å². The number of carbonyl (C=O) groups excluding carboxylic acids is 1. The fraction of sp³-hybridized carbons (Fsp3) is 0.444. The van der Waals surface area contributed by atoms with Crippen LogP contribution in [0.1, 0.15) is 20.3 Å². The fourth-order valence-corrected chi connectivity index (χ4v) is 1.19. The number of primary amides is 1. The minimum Gasteiger partial charge on any atom is -0.370 e. The largest absolute Gasteiger partial charge is 0.370 e. The molecule has 0 fully saturated rings. The van der Waals surface area contributed by atoms with Crippen molar-refractivity contribution in [3.63, 3.8) is 0 Å². The molecule has 0 aliphatic heterocycles. The molecular formula is C9H14N4O. The molecule has 1 rings (SSSR count). The number of nitrogens with one attached hydrogen (secondary N) is 1. The lowest BCUT2D eigenvalue weighted by molar-refractivity contribution is -0.118. The molecule has 0 unspecified atom stereocenters. The van der Waals surface area contributed by atoms with Gasteiger partial charge in [-0.15, -0.1) is 0 Å². The van der Waals surface area contributed by atoms with Crippen molar-refractivity contribution in [3.05, 3.63) is 18.6 Å². The maximum atomic E-state index is 10.8. The second-order valence-electron chi connectivity index (χ2n) is 3.75. The molecule has 1 aromatic heterocycles. The van der Waals surface area contributed by atoms with Crippen molar-refractivity contribution in [2.24, 2.45) is 5.73 Å². The molecule has 0 aliphatic rings. The molecule has 0 aliphatic carbocycles. The zero-order valence-corrected chi connectivity index (χ0v) is 8.32. The van der Waals surface area contributed by atoms with Gasteiger partial charge in [-0.3, -0.25) is 4.79 Å². The van der Waals surface area contributed by atoms with Gasteiger partial charge in [0.1, 0.15) is 12.1 Å². The van der Waals surface area contributed by atoms with Crippen molar-refractivity contribution in [2.45, 2.75) is 25.8 Å². The van der Waals surface area contributed by atoms with E-state index in [1.165, 1.54) is 6.33 Å². The Hall–Kier alpha value is -1.65. The lowest BCUT2D eigenvalue weighted by Crippen LogP contribution is -2.36. The average Bonchev–Trinajstić information content (AvgIpc) is 2.02. The van der Waals surface area contributed by atoms with Gasteiger partial charge in [-0.2, -0.15) is 0 Å². The smallest absolute Gasteiger partial charge is 0.219 e. The Kier molecular flexibility index (Phi) is 3.01. The predicted molar refractivity (Wildman–Crippen MR) is 53.5 cm³/mol. The van der Waals surface area contributed by atoms with Gasteiger partial charge in [0.2, 0.25) is 5.91 Å². The summed E-state index contributed by atoms with van der Waals surface area (Å²) in [7, 11) is 0. The molecular weight excluding hydrogens is 180 g/mol. The van der Waals surface area contributed by atoms with Crippen LogP contribution in [-0.2, 0) is 4.79 Å². The van der Waals surface area contributed by atoms with Crippen LogP contribution >= 0.6 is 0 Å². The average molecular weight is 194 g/mol. The molecule has 0 bridgehead atoms. The highest BCUT2D eigenvalue weighted by molar-refractivity contribution is 5.75. The van der Waals surface area contributed by atoms with E-state index in [0.717, 1.165) is 0 Å². The number of aromatic nitrogens is 2. The molecule has 0 atom stereocenters.